The molecule has 4 heteroatoms. The molecule has 1 atom stereocenters. The van der Waals surface area contributed by atoms with Crippen LogP contribution in [0.4, 0.5) is 4.39 Å². The molecular formula is C20H25FN2O. The topological polar surface area (TPSA) is 35.0 Å². The number of hydrogen-bond donors (Lipinski definition) is 0. The smallest absolute Gasteiger partial charge is 0.127 e. The summed E-state index contributed by atoms with van der Waals surface area (Å²) in [5.41, 5.74) is 3.13. The van der Waals surface area contributed by atoms with Crippen LogP contribution in [0.25, 0.3) is 11.1 Å². The number of halogens is 1. The van der Waals surface area contributed by atoms with Gasteiger partial charge in [-0.2, -0.15) is 0 Å². The highest BCUT2D eigenvalue weighted by Crippen LogP contribution is 2.30. The fourth-order valence-electron chi connectivity index (χ4n) is 2.60. The van der Waals surface area contributed by atoms with Gasteiger partial charge in [0.25, 0.3) is 0 Å². The number of unbranched alkanes of at least 4 members (excludes halogenated alkanes) is 2. The van der Waals surface area contributed by atoms with Crippen molar-refractivity contribution in [2.75, 3.05) is 6.61 Å². The van der Waals surface area contributed by atoms with E-state index in [1.807, 2.05) is 0 Å². The molecule has 0 aliphatic carbocycles. The first-order valence-corrected chi connectivity index (χ1v) is 8.46. The lowest BCUT2D eigenvalue weighted by Gasteiger charge is -2.12. The summed E-state index contributed by atoms with van der Waals surface area (Å²) in [7, 11) is 0. The number of nitrogens with zero attached hydrogens (tertiary/aromatic N) is 2. The standard InChI is InChI=1S/C20H25FN2O/c1-3-11-24-20-12-17(8-6-4-5-7-16(2)21)9-10-19(20)18-13-22-15-23-14-18/h3,9-10,12-16H,1,4-8,11H2,2H3. The SMILES string of the molecule is C=CCOc1cc(CCCCCC(C)F)ccc1-c1cncnc1. The van der Waals surface area contributed by atoms with E-state index in [9.17, 15) is 4.39 Å². The van der Waals surface area contributed by atoms with Gasteiger partial charge < -0.3 is 4.74 Å². The Morgan fingerprint density at radius 2 is 2.00 bits per heavy atom. The highest BCUT2D eigenvalue weighted by atomic mass is 19.1. The molecule has 0 spiro atoms. The van der Waals surface area contributed by atoms with Crippen molar-refractivity contribution in [3.8, 4) is 16.9 Å². The second kappa shape index (κ2) is 9.81. The number of alkyl halides is 1. The summed E-state index contributed by atoms with van der Waals surface area (Å²) in [6.07, 6.45) is 10.8. The largest absolute Gasteiger partial charge is 0.489 e. The Kier molecular flexibility index (Phi) is 7.40. The molecule has 0 saturated heterocycles. The van der Waals surface area contributed by atoms with Crippen LogP contribution >= 0.6 is 0 Å². The van der Waals surface area contributed by atoms with Gasteiger partial charge in [0, 0.05) is 23.5 Å². The van der Waals surface area contributed by atoms with Crippen molar-refractivity contribution >= 4 is 0 Å². The van der Waals surface area contributed by atoms with E-state index in [1.54, 1.807) is 25.4 Å². The molecule has 2 rings (SSSR count). The maximum atomic E-state index is 12.8. The van der Waals surface area contributed by atoms with Crippen molar-refractivity contribution < 1.29 is 9.13 Å². The monoisotopic (exact) mass is 328 g/mol. The summed E-state index contributed by atoms with van der Waals surface area (Å²) < 4.78 is 18.6. The molecule has 2 aromatic rings. The quantitative estimate of drug-likeness (QED) is 0.446. The summed E-state index contributed by atoms with van der Waals surface area (Å²) in [6.45, 7) is 5.78. The molecule has 1 unspecified atom stereocenters. The zero-order valence-electron chi connectivity index (χ0n) is 14.2. The van der Waals surface area contributed by atoms with Gasteiger partial charge in [0.2, 0.25) is 0 Å². The molecule has 1 aromatic heterocycles. The van der Waals surface area contributed by atoms with Gasteiger partial charge in [-0.05, 0) is 37.8 Å². The number of ether oxygens (including phenoxy) is 1. The molecule has 0 N–H and O–H groups in total. The molecule has 24 heavy (non-hydrogen) atoms. The van der Waals surface area contributed by atoms with E-state index in [-0.39, 0.29) is 0 Å². The summed E-state index contributed by atoms with van der Waals surface area (Å²) in [5.74, 6) is 0.819. The van der Waals surface area contributed by atoms with Gasteiger partial charge in [-0.3, -0.25) is 0 Å². The highest BCUT2D eigenvalue weighted by molar-refractivity contribution is 5.69. The van der Waals surface area contributed by atoms with Crippen molar-refractivity contribution in [2.45, 2.75) is 45.2 Å². The minimum absolute atomic E-state index is 0.457. The molecule has 3 nitrogen and oxygen atoms in total. The van der Waals surface area contributed by atoms with Gasteiger partial charge in [0.15, 0.2) is 0 Å². The summed E-state index contributed by atoms with van der Waals surface area (Å²) in [5, 5.41) is 0. The Morgan fingerprint density at radius 3 is 2.71 bits per heavy atom. The fraction of sp³-hybridized carbons (Fsp3) is 0.400. The van der Waals surface area contributed by atoms with E-state index >= 15 is 0 Å². The molecule has 128 valence electrons. The van der Waals surface area contributed by atoms with Crippen molar-refractivity contribution in [3.05, 3.63) is 55.1 Å². The van der Waals surface area contributed by atoms with Crippen LogP contribution < -0.4 is 4.74 Å². The van der Waals surface area contributed by atoms with Crippen LogP contribution in [-0.2, 0) is 6.42 Å². The van der Waals surface area contributed by atoms with Crippen LogP contribution in [0.5, 0.6) is 5.75 Å². The van der Waals surface area contributed by atoms with Crippen LogP contribution in [0, 0.1) is 0 Å². The van der Waals surface area contributed by atoms with E-state index in [2.05, 4.69) is 34.7 Å². The molecule has 1 aromatic carbocycles. The van der Waals surface area contributed by atoms with Gasteiger partial charge >= 0.3 is 0 Å². The molecular weight excluding hydrogens is 303 g/mol. The Balaban J connectivity index is 2.04. The first kappa shape index (κ1) is 18.1. The van der Waals surface area contributed by atoms with Crippen molar-refractivity contribution in [3.63, 3.8) is 0 Å². The molecule has 0 fully saturated rings. The maximum absolute atomic E-state index is 12.8. The molecule has 0 saturated carbocycles. The van der Waals surface area contributed by atoms with E-state index in [4.69, 9.17) is 4.74 Å². The molecule has 1 heterocycles. The third kappa shape index (κ3) is 5.76. The number of rotatable bonds is 10. The average molecular weight is 328 g/mol. The third-order valence-corrected chi connectivity index (χ3v) is 3.84. The van der Waals surface area contributed by atoms with Crippen LogP contribution in [0.1, 0.15) is 38.2 Å². The minimum Gasteiger partial charge on any atom is -0.489 e. The van der Waals surface area contributed by atoms with E-state index in [0.717, 1.165) is 42.6 Å². The molecule has 0 aliphatic rings. The van der Waals surface area contributed by atoms with E-state index in [0.29, 0.717) is 13.0 Å². The number of benzene rings is 1. The van der Waals surface area contributed by atoms with E-state index in [1.165, 1.54) is 11.9 Å². The van der Waals surface area contributed by atoms with Crippen LogP contribution in [-0.4, -0.2) is 22.7 Å². The Morgan fingerprint density at radius 1 is 1.21 bits per heavy atom. The van der Waals surface area contributed by atoms with Gasteiger partial charge in [0.05, 0.1) is 6.17 Å². The normalized spacial score (nSPS) is 11.9. The lowest BCUT2D eigenvalue weighted by Crippen LogP contribution is -1.98. The predicted octanol–water partition coefficient (Wildman–Crippen LogP) is 5.17. The molecule has 0 radical (unpaired) electrons. The number of aryl methyl sites for hydroxylation is 1. The lowest BCUT2D eigenvalue weighted by molar-refractivity contribution is 0.330. The van der Waals surface area contributed by atoms with Crippen molar-refractivity contribution in [2.24, 2.45) is 0 Å². The first-order chi connectivity index (χ1) is 11.7. The Bertz CT molecular complexity index is 629. The molecule has 0 aliphatic heterocycles. The third-order valence-electron chi connectivity index (χ3n) is 3.84. The summed E-state index contributed by atoms with van der Waals surface area (Å²) in [4.78, 5) is 8.14. The van der Waals surface area contributed by atoms with Crippen molar-refractivity contribution in [1.29, 1.82) is 0 Å². The summed E-state index contributed by atoms with van der Waals surface area (Å²) in [6, 6.07) is 6.24. The number of hydrogen-bond acceptors (Lipinski definition) is 3. The molecule has 0 amide bonds. The minimum atomic E-state index is -0.698. The lowest BCUT2D eigenvalue weighted by atomic mass is 10.0. The highest BCUT2D eigenvalue weighted by Gasteiger charge is 2.08. The number of aromatic nitrogens is 2. The molecule has 0 bridgehead atoms. The Hall–Kier alpha value is -2.23. The maximum Gasteiger partial charge on any atom is 0.127 e. The second-order valence-corrected chi connectivity index (χ2v) is 5.94. The van der Waals surface area contributed by atoms with Crippen LogP contribution in [0.3, 0.4) is 0 Å². The summed E-state index contributed by atoms with van der Waals surface area (Å²) >= 11 is 0. The fourth-order valence-corrected chi connectivity index (χ4v) is 2.60. The van der Waals surface area contributed by atoms with Gasteiger partial charge in [-0.15, -0.1) is 0 Å². The van der Waals surface area contributed by atoms with E-state index < -0.39 is 6.17 Å². The zero-order chi connectivity index (χ0) is 17.2. The average Bonchev–Trinajstić information content (AvgIpc) is 2.60. The van der Waals surface area contributed by atoms with Gasteiger partial charge in [0.1, 0.15) is 18.7 Å². The van der Waals surface area contributed by atoms with Crippen molar-refractivity contribution in [1.82, 2.24) is 9.97 Å². The first-order valence-electron chi connectivity index (χ1n) is 8.46. The van der Waals surface area contributed by atoms with Crippen LogP contribution in [0.2, 0.25) is 0 Å². The Labute approximate surface area is 143 Å². The predicted molar refractivity (Wildman–Crippen MR) is 95.9 cm³/mol. The zero-order valence-corrected chi connectivity index (χ0v) is 14.2. The van der Waals surface area contributed by atoms with Crippen LogP contribution in [0.15, 0.2) is 49.6 Å². The van der Waals surface area contributed by atoms with Gasteiger partial charge in [-0.25, -0.2) is 14.4 Å². The van der Waals surface area contributed by atoms with Gasteiger partial charge in [-0.1, -0.05) is 37.6 Å². The second-order valence-electron chi connectivity index (χ2n) is 5.94.